The first-order valence-electron chi connectivity index (χ1n) is 5.05. The molecule has 16 heavy (non-hydrogen) atoms. The SMILES string of the molecule is CCOC1(CC)NC=C(Br)C=C1S(C)(=O)=O. The van der Waals surface area contributed by atoms with Crippen molar-refractivity contribution in [2.75, 3.05) is 12.9 Å². The van der Waals surface area contributed by atoms with E-state index in [4.69, 9.17) is 4.74 Å². The fourth-order valence-corrected chi connectivity index (χ4v) is 3.38. The van der Waals surface area contributed by atoms with E-state index in [9.17, 15) is 8.42 Å². The minimum atomic E-state index is -3.30. The summed E-state index contributed by atoms with van der Waals surface area (Å²) in [7, 11) is -3.30. The van der Waals surface area contributed by atoms with Crippen molar-refractivity contribution in [1.29, 1.82) is 0 Å². The number of dihydropyridines is 1. The molecule has 1 rings (SSSR count). The number of rotatable bonds is 4. The molecular weight excluding hydrogens is 294 g/mol. The molecule has 0 fully saturated rings. The average Bonchev–Trinajstić information content (AvgIpc) is 2.20. The summed E-state index contributed by atoms with van der Waals surface area (Å²) in [5.41, 5.74) is -0.931. The van der Waals surface area contributed by atoms with Crippen LogP contribution in [0.4, 0.5) is 0 Å². The highest BCUT2D eigenvalue weighted by atomic mass is 79.9. The van der Waals surface area contributed by atoms with E-state index >= 15 is 0 Å². The maximum Gasteiger partial charge on any atom is 0.176 e. The Kier molecular flexibility index (Phi) is 4.20. The predicted octanol–water partition coefficient (Wildman–Crippen LogP) is 1.90. The molecule has 1 heterocycles. The second kappa shape index (κ2) is 4.89. The molecule has 1 N–H and O–H groups in total. The van der Waals surface area contributed by atoms with Crippen molar-refractivity contribution in [1.82, 2.24) is 5.32 Å². The van der Waals surface area contributed by atoms with Crippen molar-refractivity contribution in [2.45, 2.75) is 26.0 Å². The Bertz CT molecular complexity index is 427. The van der Waals surface area contributed by atoms with Gasteiger partial charge in [0.15, 0.2) is 15.6 Å². The Morgan fingerprint density at radius 3 is 2.56 bits per heavy atom. The zero-order chi connectivity index (χ0) is 12.4. The van der Waals surface area contributed by atoms with Crippen LogP contribution in [0.3, 0.4) is 0 Å². The Balaban J connectivity index is 3.27. The molecule has 0 aromatic heterocycles. The van der Waals surface area contributed by atoms with Crippen molar-refractivity contribution >= 4 is 25.8 Å². The molecule has 6 heteroatoms. The third-order valence-corrected chi connectivity index (χ3v) is 4.10. The molecule has 0 aliphatic carbocycles. The highest BCUT2D eigenvalue weighted by Crippen LogP contribution is 2.32. The zero-order valence-electron chi connectivity index (χ0n) is 9.58. The van der Waals surface area contributed by atoms with Gasteiger partial charge in [-0.3, -0.25) is 0 Å². The maximum absolute atomic E-state index is 11.7. The van der Waals surface area contributed by atoms with Gasteiger partial charge in [-0.2, -0.15) is 0 Å². The van der Waals surface area contributed by atoms with E-state index in [0.29, 0.717) is 17.5 Å². The Hall–Kier alpha value is -0.330. The third kappa shape index (κ3) is 2.67. The molecule has 4 nitrogen and oxygen atoms in total. The third-order valence-electron chi connectivity index (χ3n) is 2.40. The number of sulfone groups is 1. The van der Waals surface area contributed by atoms with Gasteiger partial charge in [0.05, 0.1) is 4.91 Å². The standard InChI is InChI=1S/C10H16BrNO3S/c1-4-10(15-5-2)9(16(3,13)14)6-8(11)7-12-10/h6-7,12H,4-5H2,1-3H3. The van der Waals surface area contributed by atoms with E-state index in [1.807, 2.05) is 13.8 Å². The van der Waals surface area contributed by atoms with Crippen molar-refractivity contribution < 1.29 is 13.2 Å². The number of halogens is 1. The lowest BCUT2D eigenvalue weighted by molar-refractivity contribution is -0.0246. The molecule has 0 bridgehead atoms. The first kappa shape index (κ1) is 13.7. The normalized spacial score (nSPS) is 25.8. The summed E-state index contributed by atoms with van der Waals surface area (Å²) in [5.74, 6) is 0. The summed E-state index contributed by atoms with van der Waals surface area (Å²) in [6, 6.07) is 0. The van der Waals surface area contributed by atoms with Gasteiger partial charge in [0.2, 0.25) is 0 Å². The summed E-state index contributed by atoms with van der Waals surface area (Å²) in [6.07, 6.45) is 5.02. The Morgan fingerprint density at radius 1 is 1.50 bits per heavy atom. The molecule has 0 saturated carbocycles. The molecule has 0 aromatic rings. The first-order chi connectivity index (χ1) is 7.35. The van der Waals surface area contributed by atoms with Gasteiger partial charge in [0.1, 0.15) is 0 Å². The molecule has 0 aromatic carbocycles. The minimum Gasteiger partial charge on any atom is -0.358 e. The largest absolute Gasteiger partial charge is 0.358 e. The van der Waals surface area contributed by atoms with Gasteiger partial charge in [-0.05, 0) is 35.4 Å². The van der Waals surface area contributed by atoms with Gasteiger partial charge in [0, 0.05) is 23.5 Å². The van der Waals surface area contributed by atoms with E-state index in [2.05, 4.69) is 21.2 Å². The predicted molar refractivity (Wildman–Crippen MR) is 67.7 cm³/mol. The monoisotopic (exact) mass is 309 g/mol. The van der Waals surface area contributed by atoms with Crippen molar-refractivity contribution in [3.05, 3.63) is 21.7 Å². The number of allylic oxidation sites excluding steroid dienone is 2. The molecule has 0 spiro atoms. The van der Waals surface area contributed by atoms with Crippen LogP contribution in [0.1, 0.15) is 20.3 Å². The van der Waals surface area contributed by atoms with Crippen molar-refractivity contribution in [3.63, 3.8) is 0 Å². The first-order valence-corrected chi connectivity index (χ1v) is 7.73. The Morgan fingerprint density at radius 2 is 2.12 bits per heavy atom. The smallest absolute Gasteiger partial charge is 0.176 e. The highest BCUT2D eigenvalue weighted by molar-refractivity contribution is 9.11. The maximum atomic E-state index is 11.7. The lowest BCUT2D eigenvalue weighted by Gasteiger charge is -2.36. The molecule has 1 aliphatic rings. The molecule has 92 valence electrons. The summed E-state index contributed by atoms with van der Waals surface area (Å²) in [4.78, 5) is 0.263. The zero-order valence-corrected chi connectivity index (χ0v) is 12.0. The average molecular weight is 310 g/mol. The van der Waals surface area contributed by atoms with E-state index in [1.54, 1.807) is 12.3 Å². The summed E-state index contributed by atoms with van der Waals surface area (Å²) >= 11 is 3.26. The minimum absolute atomic E-state index is 0.263. The van der Waals surface area contributed by atoms with Gasteiger partial charge >= 0.3 is 0 Å². The molecule has 1 aliphatic heterocycles. The highest BCUT2D eigenvalue weighted by Gasteiger charge is 2.39. The summed E-state index contributed by atoms with van der Waals surface area (Å²) in [5, 5.41) is 3.01. The number of hydrogen-bond acceptors (Lipinski definition) is 4. The van der Waals surface area contributed by atoms with Gasteiger partial charge in [-0.1, -0.05) is 6.92 Å². The van der Waals surface area contributed by atoms with Gasteiger partial charge in [-0.15, -0.1) is 0 Å². The summed E-state index contributed by atoms with van der Waals surface area (Å²) < 4.78 is 29.8. The molecular formula is C10H16BrNO3S. The van der Waals surface area contributed by atoms with Crippen LogP contribution in [0.2, 0.25) is 0 Å². The lowest BCUT2D eigenvalue weighted by Crippen LogP contribution is -2.49. The van der Waals surface area contributed by atoms with Crippen LogP contribution in [0, 0.1) is 0 Å². The fourth-order valence-electron chi connectivity index (χ4n) is 1.68. The van der Waals surface area contributed by atoms with Gasteiger partial charge < -0.3 is 10.1 Å². The second-order valence-corrected chi connectivity index (χ2v) is 6.47. The van der Waals surface area contributed by atoms with Gasteiger partial charge in [-0.25, -0.2) is 8.42 Å². The van der Waals surface area contributed by atoms with E-state index in [-0.39, 0.29) is 4.91 Å². The number of ether oxygens (including phenoxy) is 1. The van der Waals surface area contributed by atoms with E-state index < -0.39 is 15.6 Å². The van der Waals surface area contributed by atoms with Crippen LogP contribution in [-0.4, -0.2) is 27.0 Å². The number of hydrogen-bond donors (Lipinski definition) is 1. The van der Waals surface area contributed by atoms with Crippen LogP contribution in [-0.2, 0) is 14.6 Å². The van der Waals surface area contributed by atoms with Crippen LogP contribution in [0.5, 0.6) is 0 Å². The van der Waals surface area contributed by atoms with Crippen LogP contribution in [0.25, 0.3) is 0 Å². The van der Waals surface area contributed by atoms with Crippen LogP contribution in [0.15, 0.2) is 21.7 Å². The molecule has 1 atom stereocenters. The van der Waals surface area contributed by atoms with Gasteiger partial charge in [0.25, 0.3) is 0 Å². The molecule has 0 radical (unpaired) electrons. The number of nitrogens with one attached hydrogen (secondary N) is 1. The van der Waals surface area contributed by atoms with Crippen LogP contribution < -0.4 is 5.32 Å². The summed E-state index contributed by atoms with van der Waals surface area (Å²) in [6.45, 7) is 4.17. The molecule has 0 saturated heterocycles. The van der Waals surface area contributed by atoms with E-state index in [0.717, 1.165) is 0 Å². The quantitative estimate of drug-likeness (QED) is 0.861. The van der Waals surface area contributed by atoms with Crippen LogP contribution >= 0.6 is 15.9 Å². The Labute approximate surface area is 105 Å². The fraction of sp³-hybridized carbons (Fsp3) is 0.600. The second-order valence-electron chi connectivity index (χ2n) is 3.57. The lowest BCUT2D eigenvalue weighted by atomic mass is 10.1. The molecule has 1 unspecified atom stereocenters. The van der Waals surface area contributed by atoms with Crippen molar-refractivity contribution in [3.8, 4) is 0 Å². The topological polar surface area (TPSA) is 55.4 Å². The van der Waals surface area contributed by atoms with Crippen molar-refractivity contribution in [2.24, 2.45) is 0 Å². The van der Waals surface area contributed by atoms with E-state index in [1.165, 1.54) is 6.26 Å². The molecule has 0 amide bonds.